The molecule has 0 bridgehead atoms. The van der Waals surface area contributed by atoms with E-state index < -0.39 is 0 Å². The van der Waals surface area contributed by atoms with E-state index >= 15 is 0 Å². The predicted molar refractivity (Wildman–Crippen MR) is 123 cm³/mol. The fraction of sp³-hybridized carbons (Fsp3) is 0.136. The molecule has 4 rings (SSSR count). The molecule has 1 fully saturated rings. The minimum Gasteiger partial charge on any atom is -1.00 e. The first-order chi connectivity index (χ1) is 14.1. The van der Waals surface area contributed by atoms with Gasteiger partial charge in [0.05, 0.1) is 11.4 Å². The maximum absolute atomic E-state index is 12.5. The van der Waals surface area contributed by atoms with E-state index in [-0.39, 0.29) is 22.9 Å². The van der Waals surface area contributed by atoms with Crippen molar-refractivity contribution in [1.29, 1.82) is 0 Å². The molecule has 0 spiro atoms. The number of nitrogens with zero attached hydrogens (tertiary/aromatic N) is 3. The van der Waals surface area contributed by atoms with E-state index in [1.807, 2.05) is 61.5 Å². The van der Waals surface area contributed by atoms with Crippen LogP contribution in [0.15, 0.2) is 71.6 Å². The molecule has 2 heterocycles. The zero-order valence-electron chi connectivity index (χ0n) is 16.2. The van der Waals surface area contributed by atoms with Crippen LogP contribution in [-0.2, 0) is 11.3 Å². The Balaban J connectivity index is 0.00000256. The second kappa shape index (κ2) is 9.92. The quantitative estimate of drug-likeness (QED) is 0.383. The number of carbonyl (C=O) groups excluding carboxylic acids is 1. The number of aliphatic imine (C=N–C) groups is 1. The van der Waals surface area contributed by atoms with Crippen LogP contribution in [0.3, 0.4) is 0 Å². The fourth-order valence-corrected chi connectivity index (χ4v) is 5.02. The lowest BCUT2D eigenvalue weighted by atomic mass is 10.2. The Morgan fingerprint density at radius 1 is 1.20 bits per heavy atom. The molecule has 0 N–H and O–H groups in total. The number of thioether (sulfide) groups is 1. The van der Waals surface area contributed by atoms with Crippen LogP contribution in [0.5, 0.6) is 0 Å². The summed E-state index contributed by atoms with van der Waals surface area (Å²) in [5.74, 6) is 0.436. The van der Waals surface area contributed by atoms with E-state index in [0.29, 0.717) is 22.5 Å². The zero-order chi connectivity index (χ0) is 20.4. The second-order valence-corrected chi connectivity index (χ2v) is 8.77. The molecule has 154 valence electrons. The zero-order valence-corrected chi connectivity index (χ0v) is 20.2. The number of aromatic nitrogens is 1. The van der Waals surface area contributed by atoms with Gasteiger partial charge in [0.15, 0.2) is 0 Å². The van der Waals surface area contributed by atoms with Crippen LogP contribution < -0.4 is 26.4 Å². The van der Waals surface area contributed by atoms with Gasteiger partial charge in [-0.1, -0.05) is 53.3 Å². The highest BCUT2D eigenvalue weighted by atomic mass is 79.9. The van der Waals surface area contributed by atoms with Gasteiger partial charge in [-0.25, -0.2) is 9.47 Å². The number of anilines is 1. The van der Waals surface area contributed by atoms with Gasteiger partial charge in [0.1, 0.15) is 12.2 Å². The molecule has 0 saturated carbocycles. The minimum atomic E-state index is 0. The molecule has 1 amide bonds. The highest BCUT2D eigenvalue weighted by Crippen LogP contribution is 2.31. The number of amides is 1. The van der Waals surface area contributed by atoms with Crippen molar-refractivity contribution in [3.05, 3.63) is 77.2 Å². The third kappa shape index (κ3) is 4.70. The van der Waals surface area contributed by atoms with Crippen molar-refractivity contribution in [2.45, 2.75) is 13.5 Å². The summed E-state index contributed by atoms with van der Waals surface area (Å²) in [6.45, 7) is 6.54. The van der Waals surface area contributed by atoms with Gasteiger partial charge in [-0.05, 0) is 60.1 Å². The first-order valence-corrected chi connectivity index (χ1v) is 11.3. The summed E-state index contributed by atoms with van der Waals surface area (Å²) >= 11 is 9.04. The molecule has 8 heteroatoms. The first-order valence-electron chi connectivity index (χ1n) is 9.06. The number of rotatable bonds is 5. The summed E-state index contributed by atoms with van der Waals surface area (Å²) in [6.07, 6.45) is 1.85. The largest absolute Gasteiger partial charge is 1.00 e. The van der Waals surface area contributed by atoms with Crippen molar-refractivity contribution >= 4 is 56.6 Å². The Labute approximate surface area is 199 Å². The third-order valence-corrected chi connectivity index (χ3v) is 6.54. The summed E-state index contributed by atoms with van der Waals surface area (Å²) in [5.41, 5.74) is 4.10. The van der Waals surface area contributed by atoms with E-state index in [1.165, 1.54) is 11.8 Å². The van der Waals surface area contributed by atoms with Gasteiger partial charge in [0.25, 0.3) is 5.17 Å². The van der Waals surface area contributed by atoms with E-state index in [9.17, 15) is 4.79 Å². The standard InChI is InChI=1S/C22H19ClN3OS2.BrH/c1-3-12-25-19(16-6-8-17(23)9-7-16)13-28-21(25)24-22-26(20(27)14-29-22)18-10-4-15(2)5-11-18;/h3-11,13H,1,12,14H2,2H3;1H/q+1;/p-1. The molecule has 1 aliphatic rings. The molecule has 1 saturated heterocycles. The van der Waals surface area contributed by atoms with Crippen molar-refractivity contribution in [1.82, 2.24) is 0 Å². The van der Waals surface area contributed by atoms with E-state index in [2.05, 4.69) is 16.5 Å². The van der Waals surface area contributed by atoms with Crippen molar-refractivity contribution in [3.63, 3.8) is 0 Å². The lowest BCUT2D eigenvalue weighted by Crippen LogP contribution is -3.00. The van der Waals surface area contributed by atoms with Gasteiger partial charge in [-0.3, -0.25) is 4.79 Å². The van der Waals surface area contributed by atoms with E-state index in [0.717, 1.165) is 27.6 Å². The Morgan fingerprint density at radius 3 is 2.57 bits per heavy atom. The predicted octanol–water partition coefficient (Wildman–Crippen LogP) is 2.62. The van der Waals surface area contributed by atoms with E-state index in [4.69, 9.17) is 16.6 Å². The molecule has 1 aliphatic heterocycles. The molecule has 0 atom stereocenters. The number of carbonyl (C=O) groups is 1. The Hall–Kier alpha value is -1.93. The van der Waals surface area contributed by atoms with Gasteiger partial charge in [-0.2, -0.15) is 0 Å². The van der Waals surface area contributed by atoms with Gasteiger partial charge >= 0.3 is 5.13 Å². The Morgan fingerprint density at radius 2 is 1.90 bits per heavy atom. The van der Waals surface area contributed by atoms with Crippen molar-refractivity contribution in [2.75, 3.05) is 10.7 Å². The number of amidine groups is 1. The van der Waals surface area contributed by atoms with Gasteiger partial charge in [0.2, 0.25) is 5.91 Å². The van der Waals surface area contributed by atoms with Crippen molar-refractivity contribution in [2.24, 2.45) is 4.99 Å². The molecule has 4 nitrogen and oxygen atoms in total. The SMILES string of the molecule is C=CC[n+]1c(-c2ccc(Cl)cc2)csc1/N=C1/SCC(=O)N1c1ccc(C)cc1.[Br-]. The number of hydrogen-bond donors (Lipinski definition) is 0. The molecular weight excluding hydrogens is 502 g/mol. The summed E-state index contributed by atoms with van der Waals surface area (Å²) in [7, 11) is 0. The van der Waals surface area contributed by atoms with Crippen LogP contribution in [0.25, 0.3) is 11.3 Å². The smallest absolute Gasteiger partial charge is 0.385 e. The second-order valence-electron chi connectivity index (χ2n) is 6.56. The normalized spacial score (nSPS) is 14.8. The maximum Gasteiger partial charge on any atom is 0.385 e. The average Bonchev–Trinajstić information content (AvgIpc) is 3.28. The molecule has 0 aliphatic carbocycles. The van der Waals surface area contributed by atoms with Crippen LogP contribution in [0, 0.1) is 6.92 Å². The molecule has 0 unspecified atom stereocenters. The van der Waals surface area contributed by atoms with Gasteiger partial charge in [-0.15, -0.1) is 0 Å². The summed E-state index contributed by atoms with van der Waals surface area (Å²) in [6, 6.07) is 15.7. The van der Waals surface area contributed by atoms with Crippen LogP contribution in [0.1, 0.15) is 5.56 Å². The van der Waals surface area contributed by atoms with Gasteiger partial charge in [0, 0.05) is 16.0 Å². The highest BCUT2D eigenvalue weighted by Gasteiger charge is 2.35. The van der Waals surface area contributed by atoms with Crippen LogP contribution >= 0.6 is 34.7 Å². The average molecular weight is 521 g/mol. The Kier molecular flexibility index (Phi) is 7.52. The first kappa shape index (κ1) is 22.7. The number of benzene rings is 2. The highest BCUT2D eigenvalue weighted by molar-refractivity contribution is 8.15. The van der Waals surface area contributed by atoms with Crippen molar-refractivity contribution < 1.29 is 26.3 Å². The number of halogens is 2. The van der Waals surface area contributed by atoms with Gasteiger partial charge < -0.3 is 17.0 Å². The van der Waals surface area contributed by atoms with Crippen molar-refractivity contribution in [3.8, 4) is 11.3 Å². The lowest BCUT2D eigenvalue weighted by Gasteiger charge is -2.13. The third-order valence-electron chi connectivity index (χ3n) is 4.50. The molecule has 2 aromatic carbocycles. The molecular formula is C22H19BrClN3OS2. The Bertz CT molecular complexity index is 1090. The topological polar surface area (TPSA) is 36.6 Å². The molecule has 1 aromatic heterocycles. The molecule has 3 aromatic rings. The maximum atomic E-state index is 12.5. The van der Waals surface area contributed by atoms with Crippen LogP contribution in [0.4, 0.5) is 10.8 Å². The van der Waals surface area contributed by atoms with Crippen LogP contribution in [0.2, 0.25) is 5.02 Å². The molecule has 0 radical (unpaired) electrons. The van der Waals surface area contributed by atoms with E-state index in [1.54, 1.807) is 16.2 Å². The number of hydrogen-bond acceptors (Lipinski definition) is 4. The number of thiazole rings is 1. The minimum absolute atomic E-state index is 0. The number of aryl methyl sites for hydroxylation is 1. The lowest BCUT2D eigenvalue weighted by molar-refractivity contribution is -0.658. The monoisotopic (exact) mass is 519 g/mol. The fourth-order valence-electron chi connectivity index (χ4n) is 3.05. The summed E-state index contributed by atoms with van der Waals surface area (Å²) in [5, 5.41) is 4.30. The number of allylic oxidation sites excluding steroid dienone is 1. The summed E-state index contributed by atoms with van der Waals surface area (Å²) < 4.78 is 2.10. The van der Waals surface area contributed by atoms with Crippen LogP contribution in [-0.4, -0.2) is 16.8 Å². The summed E-state index contributed by atoms with van der Waals surface area (Å²) in [4.78, 5) is 19.1. The molecule has 30 heavy (non-hydrogen) atoms.